The molecule has 14 heavy (non-hydrogen) atoms. The topological polar surface area (TPSA) is 38.5 Å². The third kappa shape index (κ3) is 2.90. The van der Waals surface area contributed by atoms with E-state index in [1.54, 1.807) is 7.11 Å². The van der Waals surface area contributed by atoms with E-state index in [0.717, 1.165) is 26.0 Å². The first kappa shape index (κ1) is 11.9. The van der Waals surface area contributed by atoms with Gasteiger partial charge in [-0.3, -0.25) is 4.90 Å². The highest BCUT2D eigenvalue weighted by Gasteiger charge is 2.29. The summed E-state index contributed by atoms with van der Waals surface area (Å²) in [7, 11) is 1.74. The second-order valence-electron chi connectivity index (χ2n) is 3.93. The Morgan fingerprint density at radius 1 is 1.71 bits per heavy atom. The number of nitrogens with zero attached hydrogens (tertiary/aromatic N) is 1. The number of thiocarbonyl (C=S) groups is 1. The Morgan fingerprint density at radius 2 is 2.43 bits per heavy atom. The lowest BCUT2D eigenvalue weighted by Crippen LogP contribution is -2.44. The Hall–Kier alpha value is -0.190. The van der Waals surface area contributed by atoms with Crippen LogP contribution in [0.2, 0.25) is 0 Å². The molecule has 0 saturated carbocycles. The summed E-state index contributed by atoms with van der Waals surface area (Å²) < 4.78 is 5.08. The van der Waals surface area contributed by atoms with Crippen molar-refractivity contribution in [2.45, 2.75) is 38.3 Å². The molecule has 1 aliphatic rings. The van der Waals surface area contributed by atoms with Gasteiger partial charge in [0.05, 0.1) is 11.0 Å². The van der Waals surface area contributed by atoms with Gasteiger partial charge in [0.25, 0.3) is 0 Å². The third-order valence-electron chi connectivity index (χ3n) is 2.93. The van der Waals surface area contributed by atoms with E-state index in [4.69, 9.17) is 22.7 Å². The molecule has 0 aromatic heterocycles. The van der Waals surface area contributed by atoms with Gasteiger partial charge in [-0.25, -0.2) is 0 Å². The molecular weight excluding hydrogens is 196 g/mol. The highest BCUT2D eigenvalue weighted by Crippen LogP contribution is 2.21. The molecule has 0 aromatic rings. The molecule has 3 nitrogen and oxygen atoms in total. The van der Waals surface area contributed by atoms with Crippen LogP contribution in [0.25, 0.3) is 0 Å². The summed E-state index contributed by atoms with van der Waals surface area (Å²) >= 11 is 5.07. The lowest BCUT2D eigenvalue weighted by atomic mass is 10.1. The number of hydrogen-bond acceptors (Lipinski definition) is 3. The van der Waals surface area contributed by atoms with Gasteiger partial charge in [-0.2, -0.15) is 0 Å². The van der Waals surface area contributed by atoms with Crippen molar-refractivity contribution in [1.29, 1.82) is 0 Å². The van der Waals surface area contributed by atoms with Gasteiger partial charge in [-0.05, 0) is 32.7 Å². The smallest absolute Gasteiger partial charge is 0.0902 e. The number of methoxy groups -OCH3 is 1. The fourth-order valence-corrected chi connectivity index (χ4v) is 2.33. The molecule has 1 fully saturated rings. The van der Waals surface area contributed by atoms with Crippen LogP contribution in [0.5, 0.6) is 0 Å². The van der Waals surface area contributed by atoms with Crippen molar-refractivity contribution in [2.75, 3.05) is 20.3 Å². The predicted octanol–water partition coefficient (Wildman–Crippen LogP) is 1.16. The van der Waals surface area contributed by atoms with E-state index in [9.17, 15) is 0 Å². The molecule has 0 radical (unpaired) electrons. The molecule has 0 aromatic carbocycles. The molecule has 1 rings (SSSR count). The molecule has 0 aliphatic carbocycles. The molecule has 82 valence electrons. The molecule has 2 unspecified atom stereocenters. The van der Waals surface area contributed by atoms with Crippen LogP contribution in [0.4, 0.5) is 0 Å². The maximum absolute atomic E-state index is 5.71. The number of likely N-dealkylation sites (tertiary alicyclic amines) is 1. The van der Waals surface area contributed by atoms with Crippen molar-refractivity contribution in [3.63, 3.8) is 0 Å². The fraction of sp³-hybridized carbons (Fsp3) is 0.900. The van der Waals surface area contributed by atoms with E-state index in [-0.39, 0.29) is 0 Å². The summed E-state index contributed by atoms with van der Waals surface area (Å²) in [5.41, 5.74) is 5.71. The normalized spacial score (nSPS) is 25.1. The van der Waals surface area contributed by atoms with Gasteiger partial charge in [0.2, 0.25) is 0 Å². The van der Waals surface area contributed by atoms with E-state index in [0.29, 0.717) is 17.1 Å². The van der Waals surface area contributed by atoms with Crippen molar-refractivity contribution in [1.82, 2.24) is 4.90 Å². The van der Waals surface area contributed by atoms with Crippen LogP contribution < -0.4 is 5.73 Å². The quantitative estimate of drug-likeness (QED) is 0.700. The van der Waals surface area contributed by atoms with Crippen LogP contribution in [0.15, 0.2) is 0 Å². The van der Waals surface area contributed by atoms with E-state index in [2.05, 4.69) is 11.8 Å². The van der Waals surface area contributed by atoms with Crippen molar-refractivity contribution in [2.24, 2.45) is 5.73 Å². The molecule has 0 amide bonds. The van der Waals surface area contributed by atoms with Gasteiger partial charge in [-0.15, -0.1) is 0 Å². The maximum atomic E-state index is 5.71. The van der Waals surface area contributed by atoms with Gasteiger partial charge in [0.15, 0.2) is 0 Å². The summed E-state index contributed by atoms with van der Waals surface area (Å²) in [5, 5.41) is 0. The second-order valence-corrected chi connectivity index (χ2v) is 4.40. The lowest BCUT2D eigenvalue weighted by molar-refractivity contribution is 0.144. The second kappa shape index (κ2) is 5.63. The Kier molecular flexibility index (Phi) is 4.78. The Bertz CT molecular complexity index is 199. The number of ether oxygens (including phenoxy) is 1. The van der Waals surface area contributed by atoms with E-state index in [1.807, 2.05) is 0 Å². The van der Waals surface area contributed by atoms with Crippen LogP contribution in [0.1, 0.15) is 26.2 Å². The molecular formula is C10H20N2OS. The maximum Gasteiger partial charge on any atom is 0.0902 e. The van der Waals surface area contributed by atoms with E-state index >= 15 is 0 Å². The molecule has 1 heterocycles. The van der Waals surface area contributed by atoms with Crippen molar-refractivity contribution in [3.8, 4) is 0 Å². The summed E-state index contributed by atoms with van der Waals surface area (Å²) in [5.74, 6) is 0. The molecule has 0 spiro atoms. The molecule has 4 heteroatoms. The van der Waals surface area contributed by atoms with E-state index in [1.165, 1.54) is 6.42 Å². The first-order chi connectivity index (χ1) is 6.66. The average molecular weight is 216 g/mol. The molecule has 1 saturated heterocycles. The Morgan fingerprint density at radius 3 is 3.00 bits per heavy atom. The predicted molar refractivity (Wildman–Crippen MR) is 62.5 cm³/mol. The van der Waals surface area contributed by atoms with E-state index < -0.39 is 0 Å². The van der Waals surface area contributed by atoms with Gasteiger partial charge in [0, 0.05) is 19.8 Å². The molecule has 2 atom stereocenters. The monoisotopic (exact) mass is 216 g/mol. The van der Waals surface area contributed by atoms with Gasteiger partial charge < -0.3 is 10.5 Å². The molecule has 0 bridgehead atoms. The van der Waals surface area contributed by atoms with Crippen LogP contribution in [-0.4, -0.2) is 42.2 Å². The van der Waals surface area contributed by atoms with Crippen molar-refractivity contribution in [3.05, 3.63) is 0 Å². The average Bonchev–Trinajstić information content (AvgIpc) is 2.62. The minimum absolute atomic E-state index is 0.317. The number of nitrogens with two attached hydrogens (primary N) is 1. The number of hydrogen-bond donors (Lipinski definition) is 1. The Labute approximate surface area is 91.6 Å². The largest absolute Gasteiger partial charge is 0.392 e. The lowest BCUT2D eigenvalue weighted by Gasteiger charge is -2.29. The van der Waals surface area contributed by atoms with Crippen LogP contribution in [0.3, 0.4) is 0 Å². The zero-order valence-corrected chi connectivity index (χ0v) is 9.85. The van der Waals surface area contributed by atoms with Crippen LogP contribution in [-0.2, 0) is 4.74 Å². The summed E-state index contributed by atoms with van der Waals surface area (Å²) in [6.07, 6.45) is 3.38. The summed E-state index contributed by atoms with van der Waals surface area (Å²) in [6.45, 7) is 4.14. The zero-order chi connectivity index (χ0) is 10.6. The standard InChI is InChI=1S/C10H20N2OS/c1-8(5-7-13-2)12-6-3-4-9(12)10(11)14/h8-9H,3-7H2,1-2H3,(H2,11,14). The minimum atomic E-state index is 0.317. The zero-order valence-electron chi connectivity index (χ0n) is 9.03. The van der Waals surface area contributed by atoms with Crippen LogP contribution >= 0.6 is 12.2 Å². The summed E-state index contributed by atoms with van der Waals surface area (Å²) in [4.78, 5) is 3.05. The third-order valence-corrected chi connectivity index (χ3v) is 3.20. The SMILES string of the molecule is COCCC(C)N1CCCC1C(N)=S. The van der Waals surface area contributed by atoms with Crippen molar-refractivity contribution >= 4 is 17.2 Å². The molecule has 2 N–H and O–H groups in total. The fourth-order valence-electron chi connectivity index (χ4n) is 2.08. The first-order valence-corrected chi connectivity index (χ1v) is 5.61. The molecule has 1 aliphatic heterocycles. The minimum Gasteiger partial charge on any atom is -0.392 e. The first-order valence-electron chi connectivity index (χ1n) is 5.20. The Balaban J connectivity index is 2.44. The number of rotatable bonds is 5. The van der Waals surface area contributed by atoms with Gasteiger partial charge in [-0.1, -0.05) is 12.2 Å². The van der Waals surface area contributed by atoms with Crippen molar-refractivity contribution < 1.29 is 4.74 Å². The van der Waals surface area contributed by atoms with Gasteiger partial charge >= 0.3 is 0 Å². The highest BCUT2D eigenvalue weighted by molar-refractivity contribution is 7.80. The van der Waals surface area contributed by atoms with Gasteiger partial charge in [0.1, 0.15) is 0 Å². The van der Waals surface area contributed by atoms with Crippen LogP contribution in [0, 0.1) is 0 Å². The summed E-state index contributed by atoms with van der Waals surface area (Å²) in [6, 6.07) is 0.834. The highest BCUT2D eigenvalue weighted by atomic mass is 32.1.